The number of sulfonamides is 1. The molecule has 2 aromatic carbocycles. The average molecular weight is 492 g/mol. The van der Waals surface area contributed by atoms with Crippen molar-refractivity contribution in [3.8, 4) is 17.2 Å². The molecule has 182 valence electrons. The van der Waals surface area contributed by atoms with Crippen LogP contribution in [0.3, 0.4) is 0 Å². The van der Waals surface area contributed by atoms with Gasteiger partial charge in [-0.25, -0.2) is 13.2 Å². The zero-order chi connectivity index (χ0) is 24.1. The molecule has 0 unspecified atom stereocenters. The summed E-state index contributed by atoms with van der Waals surface area (Å²) < 4.78 is 54.0. The van der Waals surface area contributed by atoms with Gasteiger partial charge >= 0.3 is 5.97 Å². The Kier molecular flexibility index (Phi) is 7.35. The Balaban J connectivity index is 1.48. The standard InChI is InChI=1S/C23H25NO9S/c1-29-20-6-4-17(34(27,28)24-7-11-30-12-8-24)14-18(20)23(26)33-15-19(25)16-3-5-21-22(13-16)32-10-2-9-31-21/h3-6,13-14H,2,7-12,15H2,1H3. The summed E-state index contributed by atoms with van der Waals surface area (Å²) in [7, 11) is -2.48. The van der Waals surface area contributed by atoms with Gasteiger partial charge in [-0.2, -0.15) is 4.31 Å². The first-order valence-electron chi connectivity index (χ1n) is 10.8. The summed E-state index contributed by atoms with van der Waals surface area (Å²) in [6.07, 6.45) is 0.734. The summed E-state index contributed by atoms with van der Waals surface area (Å²) in [6.45, 7) is 1.50. The molecule has 2 aromatic rings. The van der Waals surface area contributed by atoms with E-state index in [0.717, 1.165) is 6.42 Å². The van der Waals surface area contributed by atoms with Gasteiger partial charge in [0.2, 0.25) is 10.0 Å². The number of carbonyl (C=O) groups excluding carboxylic acids is 2. The van der Waals surface area contributed by atoms with Crippen molar-refractivity contribution in [2.75, 3.05) is 53.2 Å². The smallest absolute Gasteiger partial charge is 0.342 e. The van der Waals surface area contributed by atoms with Crippen molar-refractivity contribution >= 4 is 21.8 Å². The van der Waals surface area contributed by atoms with E-state index in [1.807, 2.05) is 0 Å². The first kappa shape index (κ1) is 24.0. The second-order valence-electron chi connectivity index (χ2n) is 7.59. The summed E-state index contributed by atoms with van der Waals surface area (Å²) in [5.41, 5.74) is 0.205. The highest BCUT2D eigenvalue weighted by Gasteiger charge is 2.28. The van der Waals surface area contributed by atoms with E-state index in [4.69, 9.17) is 23.7 Å². The molecule has 0 aromatic heterocycles. The van der Waals surface area contributed by atoms with Gasteiger partial charge in [-0.3, -0.25) is 4.79 Å². The zero-order valence-electron chi connectivity index (χ0n) is 18.7. The monoisotopic (exact) mass is 491 g/mol. The summed E-state index contributed by atoms with van der Waals surface area (Å²) in [6, 6.07) is 8.70. The lowest BCUT2D eigenvalue weighted by Crippen LogP contribution is -2.40. The Morgan fingerprint density at radius 2 is 1.71 bits per heavy atom. The third-order valence-corrected chi connectivity index (χ3v) is 7.30. The number of morpholine rings is 1. The summed E-state index contributed by atoms with van der Waals surface area (Å²) >= 11 is 0. The molecule has 10 nitrogen and oxygen atoms in total. The van der Waals surface area contributed by atoms with Gasteiger partial charge in [-0.1, -0.05) is 0 Å². The van der Waals surface area contributed by atoms with Crippen LogP contribution in [0.5, 0.6) is 17.2 Å². The molecule has 0 saturated carbocycles. The number of Topliss-reactive ketones (excluding diaryl/α,β-unsaturated/α-hetero) is 1. The molecule has 0 aliphatic carbocycles. The maximum Gasteiger partial charge on any atom is 0.342 e. The van der Waals surface area contributed by atoms with Crippen molar-refractivity contribution in [3.63, 3.8) is 0 Å². The van der Waals surface area contributed by atoms with Crippen molar-refractivity contribution in [3.05, 3.63) is 47.5 Å². The highest BCUT2D eigenvalue weighted by atomic mass is 32.2. The molecule has 1 saturated heterocycles. The number of nitrogens with zero attached hydrogens (tertiary/aromatic N) is 1. The summed E-state index contributed by atoms with van der Waals surface area (Å²) in [5, 5.41) is 0. The quantitative estimate of drug-likeness (QED) is 0.423. The van der Waals surface area contributed by atoms with Crippen molar-refractivity contribution in [1.29, 1.82) is 0 Å². The van der Waals surface area contributed by atoms with Crippen molar-refractivity contribution < 1.29 is 41.7 Å². The van der Waals surface area contributed by atoms with Crippen molar-refractivity contribution in [1.82, 2.24) is 4.31 Å². The molecule has 1 fully saturated rings. The van der Waals surface area contributed by atoms with Crippen molar-refractivity contribution in [2.24, 2.45) is 0 Å². The van der Waals surface area contributed by atoms with Crippen LogP contribution in [0.2, 0.25) is 0 Å². The van der Waals surface area contributed by atoms with Gasteiger partial charge in [0.05, 0.1) is 38.4 Å². The lowest BCUT2D eigenvalue weighted by Gasteiger charge is -2.26. The van der Waals surface area contributed by atoms with Gasteiger partial charge < -0.3 is 23.7 Å². The van der Waals surface area contributed by atoms with Crippen LogP contribution in [0, 0.1) is 0 Å². The van der Waals surface area contributed by atoms with E-state index in [0.29, 0.717) is 43.5 Å². The molecule has 0 N–H and O–H groups in total. The third kappa shape index (κ3) is 5.16. The van der Waals surface area contributed by atoms with Crippen LogP contribution in [0.25, 0.3) is 0 Å². The largest absolute Gasteiger partial charge is 0.496 e. The first-order valence-corrected chi connectivity index (χ1v) is 12.2. The van der Waals surface area contributed by atoms with Crippen LogP contribution < -0.4 is 14.2 Å². The number of hydrogen-bond donors (Lipinski definition) is 0. The number of fused-ring (bicyclic) bond motifs is 1. The minimum atomic E-state index is -3.83. The van der Waals surface area contributed by atoms with Crippen LogP contribution in [0.4, 0.5) is 0 Å². The molecule has 0 spiro atoms. The SMILES string of the molecule is COc1ccc(S(=O)(=O)N2CCOCC2)cc1C(=O)OCC(=O)c1ccc2c(c1)OCCCO2. The average Bonchev–Trinajstić information content (AvgIpc) is 3.12. The van der Waals surface area contributed by atoms with E-state index in [-0.39, 0.29) is 29.3 Å². The van der Waals surface area contributed by atoms with Gasteiger partial charge in [-0.15, -0.1) is 0 Å². The minimum absolute atomic E-state index is 0.0728. The fourth-order valence-electron chi connectivity index (χ4n) is 3.57. The van der Waals surface area contributed by atoms with Crippen LogP contribution >= 0.6 is 0 Å². The van der Waals surface area contributed by atoms with Gasteiger partial charge in [0.15, 0.2) is 23.9 Å². The Bertz CT molecular complexity index is 1170. The molecule has 2 heterocycles. The van der Waals surface area contributed by atoms with Crippen molar-refractivity contribution in [2.45, 2.75) is 11.3 Å². The maximum absolute atomic E-state index is 13.0. The minimum Gasteiger partial charge on any atom is -0.496 e. The van der Waals surface area contributed by atoms with E-state index in [9.17, 15) is 18.0 Å². The van der Waals surface area contributed by atoms with Crippen LogP contribution in [-0.4, -0.2) is 77.7 Å². The van der Waals surface area contributed by atoms with Crippen LogP contribution in [-0.2, 0) is 19.5 Å². The molecule has 11 heteroatoms. The van der Waals surface area contributed by atoms with E-state index in [1.54, 1.807) is 18.2 Å². The zero-order valence-corrected chi connectivity index (χ0v) is 19.5. The number of ketones is 1. The van der Waals surface area contributed by atoms with Gasteiger partial charge in [0.1, 0.15) is 11.3 Å². The van der Waals surface area contributed by atoms with Gasteiger partial charge in [-0.05, 0) is 36.4 Å². The lowest BCUT2D eigenvalue weighted by molar-refractivity contribution is 0.0471. The number of benzene rings is 2. The molecule has 2 aliphatic rings. The molecule has 0 amide bonds. The first-order chi connectivity index (χ1) is 16.4. The summed E-state index contributed by atoms with van der Waals surface area (Å²) in [5.74, 6) is -0.181. The number of esters is 1. The number of ether oxygens (including phenoxy) is 5. The van der Waals surface area contributed by atoms with E-state index in [2.05, 4.69) is 0 Å². The third-order valence-electron chi connectivity index (χ3n) is 5.40. The maximum atomic E-state index is 13.0. The molecule has 34 heavy (non-hydrogen) atoms. The van der Waals surface area contributed by atoms with Crippen LogP contribution in [0.15, 0.2) is 41.3 Å². The van der Waals surface area contributed by atoms with Crippen LogP contribution in [0.1, 0.15) is 27.1 Å². The highest BCUT2D eigenvalue weighted by molar-refractivity contribution is 7.89. The highest BCUT2D eigenvalue weighted by Crippen LogP contribution is 2.31. The Hall–Kier alpha value is -3.15. The number of rotatable bonds is 7. The molecular weight excluding hydrogens is 466 g/mol. The molecule has 0 radical (unpaired) electrons. The Morgan fingerprint density at radius 3 is 2.44 bits per heavy atom. The molecular formula is C23H25NO9S. The number of carbonyl (C=O) groups is 2. The molecule has 0 atom stereocenters. The lowest BCUT2D eigenvalue weighted by atomic mass is 10.1. The number of hydrogen-bond acceptors (Lipinski definition) is 9. The summed E-state index contributed by atoms with van der Waals surface area (Å²) in [4.78, 5) is 25.3. The normalized spacial score (nSPS) is 16.4. The second kappa shape index (κ2) is 10.4. The Labute approximate surface area is 197 Å². The van der Waals surface area contributed by atoms with E-state index in [1.165, 1.54) is 29.6 Å². The predicted molar refractivity (Wildman–Crippen MR) is 119 cm³/mol. The second-order valence-corrected chi connectivity index (χ2v) is 9.53. The topological polar surface area (TPSA) is 118 Å². The van der Waals surface area contributed by atoms with Gasteiger partial charge in [0.25, 0.3) is 0 Å². The molecule has 2 aliphatic heterocycles. The fraction of sp³-hybridized carbons (Fsp3) is 0.391. The fourth-order valence-corrected chi connectivity index (χ4v) is 5.01. The van der Waals surface area contributed by atoms with Gasteiger partial charge in [0, 0.05) is 25.1 Å². The number of methoxy groups -OCH3 is 1. The Morgan fingerprint density at radius 1 is 0.971 bits per heavy atom. The van der Waals surface area contributed by atoms with E-state index < -0.39 is 28.4 Å². The molecule has 0 bridgehead atoms. The predicted octanol–water partition coefficient (Wildman–Crippen LogP) is 1.92. The molecule has 4 rings (SSSR count). The van der Waals surface area contributed by atoms with E-state index >= 15 is 0 Å².